The van der Waals surface area contributed by atoms with Gasteiger partial charge in [-0.15, -0.1) is 0 Å². The van der Waals surface area contributed by atoms with Gasteiger partial charge in [0, 0.05) is 19.1 Å². The zero-order chi connectivity index (χ0) is 14.1. The first-order chi connectivity index (χ1) is 9.67. The Labute approximate surface area is 119 Å². The third-order valence-electron chi connectivity index (χ3n) is 4.66. The highest BCUT2D eigenvalue weighted by atomic mass is 16.5. The molecule has 5 heteroatoms. The maximum Gasteiger partial charge on any atom is 0.373 e. The summed E-state index contributed by atoms with van der Waals surface area (Å²) < 4.78 is 10.2. The van der Waals surface area contributed by atoms with E-state index < -0.39 is 5.97 Å². The third kappa shape index (κ3) is 2.60. The Morgan fingerprint density at radius 2 is 2.30 bits per heavy atom. The van der Waals surface area contributed by atoms with Gasteiger partial charge in [-0.2, -0.15) is 0 Å². The monoisotopic (exact) mass is 278 g/mol. The van der Waals surface area contributed by atoms with Crippen LogP contribution in [-0.2, 0) is 11.3 Å². The molecule has 2 N–H and O–H groups in total. The number of carbonyl (C=O) groups is 1. The molecular weight excluding hydrogens is 256 g/mol. The molecule has 0 amide bonds. The van der Waals surface area contributed by atoms with Gasteiger partial charge >= 0.3 is 5.97 Å². The van der Waals surface area contributed by atoms with Crippen molar-refractivity contribution in [3.8, 4) is 0 Å². The highest BCUT2D eigenvalue weighted by Gasteiger charge is 2.38. The molecule has 1 saturated heterocycles. The fourth-order valence-electron chi connectivity index (χ4n) is 3.63. The van der Waals surface area contributed by atoms with E-state index in [0.717, 1.165) is 37.7 Å². The van der Waals surface area contributed by atoms with Crippen LogP contribution < -0.4 is 5.73 Å². The van der Waals surface area contributed by atoms with Crippen LogP contribution in [0.4, 0.5) is 0 Å². The molecule has 1 aromatic heterocycles. The van der Waals surface area contributed by atoms with Crippen molar-refractivity contribution < 1.29 is 13.9 Å². The summed E-state index contributed by atoms with van der Waals surface area (Å²) in [5, 5.41) is 0. The maximum absolute atomic E-state index is 11.4. The molecule has 2 fully saturated rings. The lowest BCUT2D eigenvalue weighted by Crippen LogP contribution is -2.38. The maximum atomic E-state index is 11.4. The van der Waals surface area contributed by atoms with E-state index in [1.807, 2.05) is 6.07 Å². The van der Waals surface area contributed by atoms with Crippen LogP contribution in [0.1, 0.15) is 35.6 Å². The van der Waals surface area contributed by atoms with Crippen molar-refractivity contribution in [3.05, 3.63) is 23.7 Å². The first-order valence-corrected chi connectivity index (χ1v) is 7.32. The first kappa shape index (κ1) is 13.6. The van der Waals surface area contributed by atoms with E-state index in [1.165, 1.54) is 20.0 Å². The summed E-state index contributed by atoms with van der Waals surface area (Å²) in [7, 11) is 1.36. The van der Waals surface area contributed by atoms with Gasteiger partial charge in [0.05, 0.1) is 13.7 Å². The number of likely N-dealkylation sites (tertiary alicyclic amines) is 1. The minimum absolute atomic E-state index is 0.274. The summed E-state index contributed by atoms with van der Waals surface area (Å²) in [4.78, 5) is 13.8. The molecule has 2 heterocycles. The number of nitrogens with two attached hydrogens (primary N) is 1. The SMILES string of the molecule is COC(=O)c1ccc(CN2CC3CCCC(N)C3C2)o1. The van der Waals surface area contributed by atoms with Crippen LogP contribution in [0.5, 0.6) is 0 Å². The standard InChI is InChI=1S/C15H22N2O3/c1-19-15(18)14-6-5-11(20-14)8-17-7-10-3-2-4-13(16)12(10)9-17/h5-6,10,12-13H,2-4,7-9,16H2,1H3. The van der Waals surface area contributed by atoms with Gasteiger partial charge in [-0.25, -0.2) is 4.79 Å². The number of ether oxygens (including phenoxy) is 1. The molecule has 1 aliphatic carbocycles. The van der Waals surface area contributed by atoms with Gasteiger partial charge in [-0.05, 0) is 36.8 Å². The van der Waals surface area contributed by atoms with Crippen LogP contribution >= 0.6 is 0 Å². The largest absolute Gasteiger partial charge is 0.463 e. The molecule has 1 aliphatic heterocycles. The number of carbonyl (C=O) groups excluding carboxylic acids is 1. The first-order valence-electron chi connectivity index (χ1n) is 7.32. The van der Waals surface area contributed by atoms with Crippen LogP contribution in [0.15, 0.2) is 16.5 Å². The molecule has 1 saturated carbocycles. The molecule has 0 bridgehead atoms. The van der Waals surface area contributed by atoms with E-state index in [0.29, 0.717) is 12.0 Å². The molecule has 3 atom stereocenters. The molecule has 110 valence electrons. The van der Waals surface area contributed by atoms with E-state index in [4.69, 9.17) is 10.2 Å². The lowest BCUT2D eigenvalue weighted by atomic mass is 9.78. The second kappa shape index (κ2) is 5.58. The summed E-state index contributed by atoms with van der Waals surface area (Å²) >= 11 is 0. The summed E-state index contributed by atoms with van der Waals surface area (Å²) in [5.41, 5.74) is 6.23. The Balaban J connectivity index is 1.61. The van der Waals surface area contributed by atoms with Gasteiger partial charge in [-0.1, -0.05) is 6.42 Å². The van der Waals surface area contributed by atoms with Crippen molar-refractivity contribution in [2.45, 2.75) is 31.8 Å². The Morgan fingerprint density at radius 3 is 3.05 bits per heavy atom. The van der Waals surface area contributed by atoms with Crippen LogP contribution in [0.25, 0.3) is 0 Å². The molecule has 20 heavy (non-hydrogen) atoms. The number of nitrogens with zero attached hydrogens (tertiary/aromatic N) is 1. The Kier molecular flexibility index (Phi) is 3.81. The Hall–Kier alpha value is -1.33. The predicted molar refractivity (Wildman–Crippen MR) is 74.1 cm³/mol. The topological polar surface area (TPSA) is 68.7 Å². The second-order valence-electron chi connectivity index (χ2n) is 5.97. The number of fused-ring (bicyclic) bond motifs is 1. The van der Waals surface area contributed by atoms with Crippen molar-refractivity contribution in [2.75, 3.05) is 20.2 Å². The van der Waals surface area contributed by atoms with Crippen molar-refractivity contribution in [1.82, 2.24) is 4.90 Å². The van der Waals surface area contributed by atoms with Crippen molar-refractivity contribution in [3.63, 3.8) is 0 Å². The van der Waals surface area contributed by atoms with E-state index in [-0.39, 0.29) is 5.76 Å². The van der Waals surface area contributed by atoms with Crippen molar-refractivity contribution in [2.24, 2.45) is 17.6 Å². The lowest BCUT2D eigenvalue weighted by molar-refractivity contribution is 0.0561. The zero-order valence-corrected chi connectivity index (χ0v) is 11.9. The van der Waals surface area contributed by atoms with E-state index >= 15 is 0 Å². The summed E-state index contributed by atoms with van der Waals surface area (Å²) in [6.07, 6.45) is 3.70. The fraction of sp³-hybridized carbons (Fsp3) is 0.667. The van der Waals surface area contributed by atoms with Crippen LogP contribution in [-0.4, -0.2) is 37.1 Å². The second-order valence-corrected chi connectivity index (χ2v) is 5.97. The average molecular weight is 278 g/mol. The third-order valence-corrected chi connectivity index (χ3v) is 4.66. The van der Waals surface area contributed by atoms with Gasteiger partial charge in [0.25, 0.3) is 0 Å². The van der Waals surface area contributed by atoms with E-state index in [9.17, 15) is 4.79 Å². The predicted octanol–water partition coefficient (Wildman–Crippen LogP) is 1.63. The molecular formula is C15H22N2O3. The van der Waals surface area contributed by atoms with Gasteiger partial charge in [0.15, 0.2) is 0 Å². The average Bonchev–Trinajstić information content (AvgIpc) is 3.05. The van der Waals surface area contributed by atoms with Crippen LogP contribution in [0.3, 0.4) is 0 Å². The molecule has 0 radical (unpaired) electrons. The Bertz CT molecular complexity index is 485. The summed E-state index contributed by atoms with van der Waals surface area (Å²) in [5.74, 6) is 2.02. The van der Waals surface area contributed by atoms with Gasteiger partial charge in [-0.3, -0.25) is 4.90 Å². The van der Waals surface area contributed by atoms with Crippen molar-refractivity contribution in [1.29, 1.82) is 0 Å². The number of rotatable bonds is 3. The Morgan fingerprint density at radius 1 is 1.45 bits per heavy atom. The molecule has 5 nitrogen and oxygen atoms in total. The van der Waals surface area contributed by atoms with Crippen LogP contribution in [0, 0.1) is 11.8 Å². The highest BCUT2D eigenvalue weighted by molar-refractivity contribution is 5.86. The molecule has 2 aliphatic rings. The number of furan rings is 1. The van der Waals surface area contributed by atoms with E-state index in [2.05, 4.69) is 9.64 Å². The molecule has 1 aromatic rings. The van der Waals surface area contributed by atoms with Gasteiger partial charge in [0.1, 0.15) is 5.76 Å². The fourth-order valence-corrected chi connectivity index (χ4v) is 3.63. The van der Waals surface area contributed by atoms with Gasteiger partial charge < -0.3 is 14.9 Å². The normalized spacial score (nSPS) is 30.2. The number of hydrogen-bond donors (Lipinski definition) is 1. The number of esters is 1. The zero-order valence-electron chi connectivity index (χ0n) is 11.9. The van der Waals surface area contributed by atoms with E-state index in [1.54, 1.807) is 6.07 Å². The minimum Gasteiger partial charge on any atom is -0.463 e. The van der Waals surface area contributed by atoms with Crippen molar-refractivity contribution >= 4 is 5.97 Å². The highest BCUT2D eigenvalue weighted by Crippen LogP contribution is 2.36. The molecule has 0 aromatic carbocycles. The van der Waals surface area contributed by atoms with Crippen LogP contribution in [0.2, 0.25) is 0 Å². The number of methoxy groups -OCH3 is 1. The molecule has 3 rings (SSSR count). The lowest BCUT2D eigenvalue weighted by Gasteiger charge is -2.29. The smallest absolute Gasteiger partial charge is 0.373 e. The molecule has 0 spiro atoms. The van der Waals surface area contributed by atoms with Gasteiger partial charge in [0.2, 0.25) is 5.76 Å². The quantitative estimate of drug-likeness (QED) is 0.851. The summed E-state index contributed by atoms with van der Waals surface area (Å²) in [6, 6.07) is 3.88. The summed E-state index contributed by atoms with van der Waals surface area (Å²) in [6.45, 7) is 2.88. The number of hydrogen-bond acceptors (Lipinski definition) is 5. The molecule has 3 unspecified atom stereocenters. The minimum atomic E-state index is -0.423.